The molecule has 5 heteroatoms. The molecule has 0 bridgehead atoms. The number of halogens is 1. The third-order valence-corrected chi connectivity index (χ3v) is 4.94. The van der Waals surface area contributed by atoms with Gasteiger partial charge in [-0.3, -0.25) is 0 Å². The maximum atomic E-state index is 4.34. The molecule has 0 saturated heterocycles. The summed E-state index contributed by atoms with van der Waals surface area (Å²) in [4.78, 5) is 8.64. The summed E-state index contributed by atoms with van der Waals surface area (Å²) < 4.78 is 1.11. The van der Waals surface area contributed by atoms with Gasteiger partial charge in [-0.2, -0.15) is 0 Å². The molecule has 4 nitrogen and oxygen atoms in total. The number of nitrogens with zero attached hydrogens (tertiary/aromatic N) is 2. The molecule has 1 aromatic carbocycles. The van der Waals surface area contributed by atoms with Gasteiger partial charge in [0.15, 0.2) is 0 Å². The molecule has 1 aromatic heterocycles. The first kappa shape index (κ1) is 15.3. The Kier molecular flexibility index (Phi) is 4.93. The Morgan fingerprint density at radius 3 is 2.59 bits per heavy atom. The Balaban J connectivity index is 1.68. The Morgan fingerprint density at radius 2 is 1.82 bits per heavy atom. The molecule has 1 fully saturated rings. The minimum Gasteiger partial charge on any atom is -0.367 e. The van der Waals surface area contributed by atoms with Gasteiger partial charge in [0, 0.05) is 22.3 Å². The summed E-state index contributed by atoms with van der Waals surface area (Å²) in [5, 5.41) is 6.87. The number of anilines is 3. The van der Waals surface area contributed by atoms with Crippen LogP contribution in [0.2, 0.25) is 0 Å². The van der Waals surface area contributed by atoms with Crippen molar-refractivity contribution in [2.75, 3.05) is 10.6 Å². The summed E-state index contributed by atoms with van der Waals surface area (Å²) in [6.45, 7) is 2.07. The predicted octanol–water partition coefficient (Wildman–Crippen LogP) is 5.04. The Hall–Kier alpha value is -1.62. The van der Waals surface area contributed by atoms with Crippen LogP contribution < -0.4 is 10.6 Å². The number of nitrogens with one attached hydrogen (secondary N) is 2. The molecular weight excluding hydrogens is 340 g/mol. The fourth-order valence-corrected chi connectivity index (χ4v) is 3.08. The molecule has 1 saturated carbocycles. The first-order valence-corrected chi connectivity index (χ1v) is 8.62. The van der Waals surface area contributed by atoms with Crippen LogP contribution in [0.1, 0.15) is 37.7 Å². The van der Waals surface area contributed by atoms with E-state index in [9.17, 15) is 0 Å². The highest BCUT2D eigenvalue weighted by Gasteiger charge is 2.13. The summed E-state index contributed by atoms with van der Waals surface area (Å²) in [7, 11) is 0. The maximum Gasteiger partial charge on any atom is 0.135 e. The minimum absolute atomic E-state index is 0.548. The first-order valence-electron chi connectivity index (χ1n) is 7.82. The number of hydrogen-bond donors (Lipinski definition) is 2. The van der Waals surface area contributed by atoms with Crippen LogP contribution in [0, 0.1) is 6.92 Å². The lowest BCUT2D eigenvalue weighted by Gasteiger charge is -2.23. The Morgan fingerprint density at radius 1 is 1.05 bits per heavy atom. The highest BCUT2D eigenvalue weighted by atomic mass is 79.9. The smallest absolute Gasteiger partial charge is 0.135 e. The molecule has 3 rings (SSSR count). The van der Waals surface area contributed by atoms with Gasteiger partial charge in [-0.05, 0) is 43.5 Å². The average Bonchev–Trinajstić information content (AvgIpc) is 2.52. The van der Waals surface area contributed by atoms with Gasteiger partial charge in [0.2, 0.25) is 0 Å². The second kappa shape index (κ2) is 7.09. The van der Waals surface area contributed by atoms with Crippen molar-refractivity contribution >= 4 is 33.3 Å². The van der Waals surface area contributed by atoms with Crippen LogP contribution in [0.5, 0.6) is 0 Å². The van der Waals surface area contributed by atoms with Crippen molar-refractivity contribution < 1.29 is 0 Å². The molecule has 1 heterocycles. The normalized spacial score (nSPS) is 15.5. The number of aromatic nitrogens is 2. The van der Waals surface area contributed by atoms with E-state index < -0.39 is 0 Å². The highest BCUT2D eigenvalue weighted by molar-refractivity contribution is 9.10. The van der Waals surface area contributed by atoms with E-state index in [0.717, 1.165) is 21.8 Å². The third-order valence-electron chi connectivity index (χ3n) is 4.05. The fraction of sp³-hybridized carbons (Fsp3) is 0.412. The minimum atomic E-state index is 0.548. The molecule has 2 N–H and O–H groups in total. The van der Waals surface area contributed by atoms with E-state index in [2.05, 4.69) is 49.5 Å². The van der Waals surface area contributed by atoms with Crippen molar-refractivity contribution in [2.45, 2.75) is 45.1 Å². The van der Waals surface area contributed by atoms with Gasteiger partial charge in [0.05, 0.1) is 0 Å². The van der Waals surface area contributed by atoms with Gasteiger partial charge in [-0.15, -0.1) is 0 Å². The number of hydrogen-bond acceptors (Lipinski definition) is 4. The fourth-order valence-electron chi connectivity index (χ4n) is 2.83. The molecule has 2 aromatic rings. The molecular formula is C17H21BrN4. The SMILES string of the molecule is Cc1cc(Nc2cc(NC3CCCCC3)ncn2)ccc1Br. The summed E-state index contributed by atoms with van der Waals surface area (Å²) >= 11 is 3.52. The molecule has 0 amide bonds. The largest absolute Gasteiger partial charge is 0.367 e. The van der Waals surface area contributed by atoms with E-state index in [0.29, 0.717) is 6.04 Å². The van der Waals surface area contributed by atoms with Crippen molar-refractivity contribution in [3.8, 4) is 0 Å². The standard InChI is InChI=1S/C17H21BrN4/c1-12-9-14(7-8-15(12)18)22-17-10-16(19-11-20-17)21-13-5-3-2-4-6-13/h7-11,13H,2-6H2,1H3,(H2,19,20,21,22). The van der Waals surface area contributed by atoms with Crippen molar-refractivity contribution in [2.24, 2.45) is 0 Å². The zero-order chi connectivity index (χ0) is 15.4. The lowest BCUT2D eigenvalue weighted by molar-refractivity contribution is 0.462. The summed E-state index contributed by atoms with van der Waals surface area (Å²) in [5.74, 6) is 1.72. The van der Waals surface area contributed by atoms with Crippen molar-refractivity contribution in [1.82, 2.24) is 9.97 Å². The highest BCUT2D eigenvalue weighted by Crippen LogP contribution is 2.24. The molecule has 1 aliphatic rings. The summed E-state index contributed by atoms with van der Waals surface area (Å²) in [5.41, 5.74) is 2.22. The topological polar surface area (TPSA) is 49.8 Å². The quantitative estimate of drug-likeness (QED) is 0.801. The van der Waals surface area contributed by atoms with E-state index in [4.69, 9.17) is 0 Å². The zero-order valence-corrected chi connectivity index (χ0v) is 14.4. The number of rotatable bonds is 4. The van der Waals surface area contributed by atoms with Crippen LogP contribution in [-0.2, 0) is 0 Å². The predicted molar refractivity (Wildman–Crippen MR) is 94.7 cm³/mol. The molecule has 22 heavy (non-hydrogen) atoms. The van der Waals surface area contributed by atoms with E-state index in [1.807, 2.05) is 18.2 Å². The molecule has 0 spiro atoms. The molecule has 0 radical (unpaired) electrons. The lowest BCUT2D eigenvalue weighted by atomic mass is 9.95. The molecule has 0 atom stereocenters. The van der Waals surface area contributed by atoms with E-state index >= 15 is 0 Å². The van der Waals surface area contributed by atoms with Gasteiger partial charge < -0.3 is 10.6 Å². The van der Waals surface area contributed by atoms with E-state index in [1.54, 1.807) is 6.33 Å². The summed E-state index contributed by atoms with van der Waals surface area (Å²) in [6.07, 6.45) is 8.06. The van der Waals surface area contributed by atoms with E-state index in [-0.39, 0.29) is 0 Å². The Bertz CT molecular complexity index is 638. The maximum absolute atomic E-state index is 4.34. The number of aryl methyl sites for hydroxylation is 1. The molecule has 0 aliphatic heterocycles. The molecule has 1 aliphatic carbocycles. The summed E-state index contributed by atoms with van der Waals surface area (Å²) in [6, 6.07) is 8.70. The second-order valence-electron chi connectivity index (χ2n) is 5.86. The average molecular weight is 361 g/mol. The van der Waals surface area contributed by atoms with Gasteiger partial charge in [-0.1, -0.05) is 35.2 Å². The lowest BCUT2D eigenvalue weighted by Crippen LogP contribution is -2.22. The van der Waals surface area contributed by atoms with Gasteiger partial charge in [-0.25, -0.2) is 9.97 Å². The van der Waals surface area contributed by atoms with Gasteiger partial charge >= 0.3 is 0 Å². The van der Waals surface area contributed by atoms with Crippen LogP contribution in [0.4, 0.5) is 17.3 Å². The third kappa shape index (κ3) is 3.97. The van der Waals surface area contributed by atoms with Crippen LogP contribution >= 0.6 is 15.9 Å². The van der Waals surface area contributed by atoms with Crippen LogP contribution in [-0.4, -0.2) is 16.0 Å². The Labute approximate surface area is 139 Å². The zero-order valence-electron chi connectivity index (χ0n) is 12.8. The van der Waals surface area contributed by atoms with E-state index in [1.165, 1.54) is 37.7 Å². The van der Waals surface area contributed by atoms with Crippen LogP contribution in [0.25, 0.3) is 0 Å². The van der Waals surface area contributed by atoms with Crippen molar-refractivity contribution in [3.63, 3.8) is 0 Å². The monoisotopic (exact) mass is 360 g/mol. The van der Waals surface area contributed by atoms with Crippen molar-refractivity contribution in [1.29, 1.82) is 0 Å². The molecule has 0 unspecified atom stereocenters. The molecule has 116 valence electrons. The first-order chi connectivity index (χ1) is 10.7. The van der Waals surface area contributed by atoms with Gasteiger partial charge in [0.25, 0.3) is 0 Å². The van der Waals surface area contributed by atoms with Crippen LogP contribution in [0.15, 0.2) is 35.1 Å². The van der Waals surface area contributed by atoms with Crippen LogP contribution in [0.3, 0.4) is 0 Å². The number of benzene rings is 1. The van der Waals surface area contributed by atoms with Gasteiger partial charge in [0.1, 0.15) is 18.0 Å². The van der Waals surface area contributed by atoms with Crippen molar-refractivity contribution in [3.05, 3.63) is 40.6 Å². The second-order valence-corrected chi connectivity index (χ2v) is 6.71.